The van der Waals surface area contributed by atoms with Crippen LogP contribution in [0.1, 0.15) is 59.9 Å². The number of allylic oxidation sites excluding steroid dienone is 1. The van der Waals surface area contributed by atoms with Crippen molar-refractivity contribution in [3.63, 3.8) is 0 Å². The maximum absolute atomic E-state index is 13.8. The number of aromatic nitrogens is 1. The summed E-state index contributed by atoms with van der Waals surface area (Å²) < 4.78 is 11.2. The van der Waals surface area contributed by atoms with Crippen LogP contribution in [0.4, 0.5) is 0 Å². The Morgan fingerprint density at radius 3 is 2.46 bits per heavy atom. The van der Waals surface area contributed by atoms with E-state index in [4.69, 9.17) is 37.7 Å². The molecule has 4 aromatic rings. The number of carbonyl (C=O) groups is 1. The molecule has 4 nitrogen and oxygen atoms in total. The first-order valence-corrected chi connectivity index (χ1v) is 13.8. The number of esters is 1. The van der Waals surface area contributed by atoms with E-state index in [0.717, 1.165) is 51.9 Å². The third kappa shape index (κ3) is 5.83. The number of fused-ring (bicyclic) bond motifs is 2. The number of halogens is 2. The van der Waals surface area contributed by atoms with Crippen LogP contribution >= 0.6 is 23.2 Å². The van der Waals surface area contributed by atoms with Crippen LogP contribution in [0.2, 0.25) is 10.0 Å². The zero-order valence-corrected chi connectivity index (χ0v) is 24.1. The highest BCUT2D eigenvalue weighted by Gasteiger charge is 2.35. The molecule has 1 atom stereocenters. The van der Waals surface area contributed by atoms with E-state index in [-0.39, 0.29) is 18.0 Å². The van der Waals surface area contributed by atoms with Gasteiger partial charge in [-0.2, -0.15) is 0 Å². The lowest BCUT2D eigenvalue weighted by atomic mass is 9.69. The summed E-state index contributed by atoms with van der Waals surface area (Å²) in [4.78, 5) is 18.9. The second-order valence-corrected chi connectivity index (χ2v) is 11.9. The average molecular weight is 561 g/mol. The molecular formula is C33H31Cl2NO3. The number of rotatable bonds is 5. The second-order valence-electron chi connectivity index (χ2n) is 11.1. The van der Waals surface area contributed by atoms with Gasteiger partial charge in [0.2, 0.25) is 0 Å². The van der Waals surface area contributed by atoms with Crippen LogP contribution in [0.25, 0.3) is 22.6 Å². The lowest BCUT2D eigenvalue weighted by Crippen LogP contribution is -2.28. The molecule has 1 aromatic heterocycles. The fourth-order valence-corrected chi connectivity index (χ4v) is 5.59. The van der Waals surface area contributed by atoms with E-state index in [1.165, 1.54) is 0 Å². The molecule has 3 aromatic carbocycles. The van der Waals surface area contributed by atoms with Gasteiger partial charge in [0.1, 0.15) is 12.4 Å². The Kier molecular flexibility index (Phi) is 7.70. The van der Waals surface area contributed by atoms with Gasteiger partial charge in [-0.05, 0) is 77.3 Å². The van der Waals surface area contributed by atoms with Crippen molar-refractivity contribution in [1.82, 2.24) is 4.98 Å². The summed E-state index contributed by atoms with van der Waals surface area (Å²) in [6, 6.07) is 20.9. The molecule has 0 bridgehead atoms. The third-order valence-corrected chi connectivity index (χ3v) is 8.06. The predicted octanol–water partition coefficient (Wildman–Crippen LogP) is 9.06. The molecular weight excluding hydrogens is 529 g/mol. The highest BCUT2D eigenvalue weighted by Crippen LogP contribution is 2.45. The fourth-order valence-electron chi connectivity index (χ4n) is 5.12. The molecule has 0 aliphatic heterocycles. The van der Waals surface area contributed by atoms with Crippen molar-refractivity contribution in [2.45, 2.75) is 40.2 Å². The third-order valence-electron chi connectivity index (χ3n) is 7.47. The van der Waals surface area contributed by atoms with Crippen LogP contribution in [-0.2, 0) is 17.8 Å². The summed E-state index contributed by atoms with van der Waals surface area (Å²) in [5, 5.41) is 1.80. The van der Waals surface area contributed by atoms with Crippen molar-refractivity contribution in [2.75, 3.05) is 7.11 Å². The first kappa shape index (κ1) is 27.2. The molecule has 1 aliphatic rings. The number of methoxy groups -OCH3 is 1. The first-order chi connectivity index (χ1) is 18.6. The molecule has 39 heavy (non-hydrogen) atoms. The van der Waals surface area contributed by atoms with Crippen molar-refractivity contribution in [3.05, 3.63) is 105 Å². The molecule has 0 saturated carbocycles. The molecule has 0 saturated heterocycles. The van der Waals surface area contributed by atoms with E-state index in [1.807, 2.05) is 48.5 Å². The van der Waals surface area contributed by atoms with Crippen molar-refractivity contribution in [1.29, 1.82) is 0 Å². The van der Waals surface area contributed by atoms with E-state index in [1.54, 1.807) is 25.3 Å². The van der Waals surface area contributed by atoms with Gasteiger partial charge in [-0.1, -0.05) is 80.4 Å². The number of para-hydroxylation sites is 1. The normalized spacial score (nSPS) is 16.3. The van der Waals surface area contributed by atoms with Gasteiger partial charge in [0.05, 0.1) is 23.9 Å². The molecule has 0 spiro atoms. The molecule has 0 fully saturated rings. The zero-order valence-electron chi connectivity index (χ0n) is 22.6. The summed E-state index contributed by atoms with van der Waals surface area (Å²) >= 11 is 12.4. The molecule has 1 heterocycles. The Hall–Kier alpha value is -3.34. The summed E-state index contributed by atoms with van der Waals surface area (Å²) in [6.07, 6.45) is 3.78. The highest BCUT2D eigenvalue weighted by molar-refractivity contribution is 6.35. The van der Waals surface area contributed by atoms with Crippen LogP contribution in [0.15, 0.2) is 66.7 Å². The van der Waals surface area contributed by atoms with Gasteiger partial charge >= 0.3 is 5.97 Å². The molecule has 200 valence electrons. The highest BCUT2D eigenvalue weighted by atomic mass is 35.5. The predicted molar refractivity (Wildman–Crippen MR) is 159 cm³/mol. The molecule has 1 unspecified atom stereocenters. The van der Waals surface area contributed by atoms with Crippen LogP contribution in [0.3, 0.4) is 0 Å². The number of pyridine rings is 1. The number of carbonyl (C=O) groups excluding carboxylic acids is 1. The Labute approximate surface area is 239 Å². The largest absolute Gasteiger partial charge is 0.497 e. The van der Waals surface area contributed by atoms with E-state index >= 15 is 0 Å². The molecule has 6 heteroatoms. The molecule has 0 amide bonds. The monoisotopic (exact) mass is 559 g/mol. The second kappa shape index (κ2) is 11.0. The molecule has 1 aliphatic carbocycles. The Balaban J connectivity index is 1.63. The van der Waals surface area contributed by atoms with Crippen molar-refractivity contribution < 1.29 is 14.3 Å². The number of hydrogen-bond donors (Lipinski definition) is 0. The minimum Gasteiger partial charge on any atom is -0.497 e. The lowest BCUT2D eigenvalue weighted by molar-refractivity contribution is 0.0473. The summed E-state index contributed by atoms with van der Waals surface area (Å²) in [7, 11) is 1.66. The minimum absolute atomic E-state index is 0.0281. The van der Waals surface area contributed by atoms with Crippen LogP contribution in [0, 0.1) is 11.3 Å². The molecule has 5 rings (SSSR count). The van der Waals surface area contributed by atoms with Crippen molar-refractivity contribution in [3.8, 4) is 5.75 Å². The van der Waals surface area contributed by atoms with Gasteiger partial charge in [0, 0.05) is 21.0 Å². The Bertz CT molecular complexity index is 1570. The summed E-state index contributed by atoms with van der Waals surface area (Å²) in [6.45, 7) is 6.81. The van der Waals surface area contributed by atoms with Gasteiger partial charge < -0.3 is 9.47 Å². The quantitative estimate of drug-likeness (QED) is 0.229. The molecule has 0 N–H and O–H groups in total. The first-order valence-electron chi connectivity index (χ1n) is 13.0. The molecule has 0 radical (unpaired) electrons. The number of hydrogen-bond acceptors (Lipinski definition) is 4. The Morgan fingerprint density at radius 2 is 1.77 bits per heavy atom. The maximum atomic E-state index is 13.8. The summed E-state index contributed by atoms with van der Waals surface area (Å²) in [5.41, 5.74) is 6.05. The average Bonchev–Trinajstić information content (AvgIpc) is 2.91. The maximum Gasteiger partial charge on any atom is 0.339 e. The number of benzene rings is 3. The Morgan fingerprint density at radius 1 is 1.03 bits per heavy atom. The van der Waals surface area contributed by atoms with E-state index in [0.29, 0.717) is 27.1 Å². The summed E-state index contributed by atoms with van der Waals surface area (Å²) in [5.74, 6) is 0.743. The van der Waals surface area contributed by atoms with Gasteiger partial charge in [-0.25, -0.2) is 9.78 Å². The number of ether oxygens (including phenoxy) is 2. The topological polar surface area (TPSA) is 48.4 Å². The van der Waals surface area contributed by atoms with E-state index in [9.17, 15) is 4.79 Å². The lowest BCUT2D eigenvalue weighted by Gasteiger charge is -2.36. The van der Waals surface area contributed by atoms with Gasteiger partial charge in [0.15, 0.2) is 0 Å². The van der Waals surface area contributed by atoms with E-state index < -0.39 is 0 Å². The number of nitrogens with zero attached hydrogens (tertiary/aromatic N) is 1. The zero-order chi connectivity index (χ0) is 27.7. The smallest absolute Gasteiger partial charge is 0.339 e. The van der Waals surface area contributed by atoms with Crippen molar-refractivity contribution in [2.24, 2.45) is 11.3 Å². The van der Waals surface area contributed by atoms with Gasteiger partial charge in [-0.3, -0.25) is 0 Å². The van der Waals surface area contributed by atoms with Gasteiger partial charge in [-0.15, -0.1) is 0 Å². The van der Waals surface area contributed by atoms with Crippen LogP contribution in [0.5, 0.6) is 5.75 Å². The van der Waals surface area contributed by atoms with E-state index in [2.05, 4.69) is 26.8 Å². The van der Waals surface area contributed by atoms with Crippen LogP contribution < -0.4 is 4.74 Å². The van der Waals surface area contributed by atoms with Gasteiger partial charge in [0.25, 0.3) is 0 Å². The van der Waals surface area contributed by atoms with Crippen LogP contribution in [-0.4, -0.2) is 18.1 Å². The van der Waals surface area contributed by atoms with Crippen molar-refractivity contribution >= 4 is 51.7 Å². The minimum atomic E-state index is -0.380. The standard InChI is InChI=1S/C33H31Cl2NO3/c1-33(2,3)23-16-22(15-20-9-13-25(38-4)14-10-20)31-27(17-23)30(26-7-5-6-8-29(26)36-31)32(37)39-19-21-11-12-24(34)18-28(21)35/h5-15,18,23H,16-17,19H2,1-4H3. The fraction of sp³-hybridized carbons (Fsp3) is 0.273. The SMILES string of the molecule is COc1ccc(C=C2CC(C(C)(C)C)Cc3c2nc2ccccc2c3C(=O)OCc2ccc(Cl)cc2Cl)cc1.